The first-order valence-electron chi connectivity index (χ1n) is 6.72. The summed E-state index contributed by atoms with van der Waals surface area (Å²) in [6.07, 6.45) is 4.02. The molecule has 2 aromatic rings. The number of Topliss-reactive ketones (excluding diaryl/α,β-unsaturated/α-hetero) is 1. The molecule has 0 saturated heterocycles. The molecule has 2 rings (SSSR count). The molecular weight excluding hydrogens is 246 g/mol. The molecule has 102 valence electrons. The van der Waals surface area contributed by atoms with Crippen LogP contribution in [0.15, 0.2) is 48.5 Å². The number of carbonyl (C=O) groups is 1. The Balaban J connectivity index is 2.19. The van der Waals surface area contributed by atoms with Crippen molar-refractivity contribution in [2.75, 3.05) is 7.05 Å². The zero-order valence-corrected chi connectivity index (χ0v) is 11.9. The van der Waals surface area contributed by atoms with E-state index in [9.17, 15) is 4.79 Å². The molecule has 1 N–H and O–H groups in total. The predicted octanol–water partition coefficient (Wildman–Crippen LogP) is 3.78. The molecule has 2 nitrogen and oxygen atoms in total. The third-order valence-electron chi connectivity index (χ3n) is 3.16. The van der Waals surface area contributed by atoms with E-state index in [4.69, 9.17) is 0 Å². The standard InChI is InChI=1S/C18H19NO/c1-14(20)18-6-4-3-5-17(18)12-11-15-7-9-16(10-8-15)13-19-2/h3-12,19H,13H2,1-2H3/b12-11+. The minimum atomic E-state index is 0.0922. The van der Waals surface area contributed by atoms with Gasteiger partial charge < -0.3 is 5.32 Å². The van der Waals surface area contributed by atoms with Crippen LogP contribution in [0.1, 0.15) is 34.0 Å². The number of hydrogen-bond donors (Lipinski definition) is 1. The van der Waals surface area contributed by atoms with E-state index in [2.05, 4.69) is 29.6 Å². The summed E-state index contributed by atoms with van der Waals surface area (Å²) >= 11 is 0. The van der Waals surface area contributed by atoms with Gasteiger partial charge in [0.2, 0.25) is 0 Å². The average Bonchev–Trinajstić information content (AvgIpc) is 2.47. The van der Waals surface area contributed by atoms with Gasteiger partial charge in [-0.3, -0.25) is 4.79 Å². The zero-order chi connectivity index (χ0) is 14.4. The number of carbonyl (C=O) groups excluding carboxylic acids is 1. The topological polar surface area (TPSA) is 29.1 Å². The molecule has 2 aromatic carbocycles. The molecule has 0 radical (unpaired) electrons. The molecule has 0 aliphatic carbocycles. The highest BCUT2D eigenvalue weighted by Crippen LogP contribution is 2.14. The highest BCUT2D eigenvalue weighted by molar-refractivity contribution is 5.98. The van der Waals surface area contributed by atoms with Gasteiger partial charge in [0.1, 0.15) is 0 Å². The summed E-state index contributed by atoms with van der Waals surface area (Å²) < 4.78 is 0. The molecule has 0 fully saturated rings. The van der Waals surface area contributed by atoms with Gasteiger partial charge >= 0.3 is 0 Å². The minimum Gasteiger partial charge on any atom is -0.316 e. The van der Waals surface area contributed by atoms with Crippen molar-refractivity contribution in [3.63, 3.8) is 0 Å². The molecular formula is C18H19NO. The summed E-state index contributed by atoms with van der Waals surface area (Å²) in [5, 5.41) is 3.13. The minimum absolute atomic E-state index is 0.0922. The summed E-state index contributed by atoms with van der Waals surface area (Å²) in [6, 6.07) is 16.0. The summed E-state index contributed by atoms with van der Waals surface area (Å²) in [6.45, 7) is 2.47. The Kier molecular flexibility index (Phi) is 4.85. The van der Waals surface area contributed by atoms with Gasteiger partial charge in [-0.1, -0.05) is 60.7 Å². The Bertz CT molecular complexity index is 612. The molecule has 0 unspecified atom stereocenters. The van der Waals surface area contributed by atoms with Crippen LogP contribution < -0.4 is 5.32 Å². The Hall–Kier alpha value is -2.19. The highest BCUT2D eigenvalue weighted by atomic mass is 16.1. The molecule has 0 aliphatic heterocycles. The van der Waals surface area contributed by atoms with Gasteiger partial charge in [-0.05, 0) is 30.7 Å². The van der Waals surface area contributed by atoms with Crippen molar-refractivity contribution in [2.45, 2.75) is 13.5 Å². The molecule has 0 aliphatic rings. The summed E-state index contributed by atoms with van der Waals surface area (Å²) in [5.74, 6) is 0.0922. The quantitative estimate of drug-likeness (QED) is 0.658. The third kappa shape index (κ3) is 3.65. The molecule has 2 heteroatoms. The maximum atomic E-state index is 11.6. The van der Waals surface area contributed by atoms with Gasteiger partial charge in [-0.2, -0.15) is 0 Å². The Morgan fingerprint density at radius 1 is 1.05 bits per heavy atom. The van der Waals surface area contributed by atoms with Crippen molar-refractivity contribution in [3.05, 3.63) is 70.8 Å². The van der Waals surface area contributed by atoms with Crippen LogP contribution in [0.3, 0.4) is 0 Å². The maximum absolute atomic E-state index is 11.6. The Labute approximate surface area is 120 Å². The largest absolute Gasteiger partial charge is 0.316 e. The fraction of sp³-hybridized carbons (Fsp3) is 0.167. The van der Waals surface area contributed by atoms with Crippen LogP contribution in [0.5, 0.6) is 0 Å². The van der Waals surface area contributed by atoms with Gasteiger partial charge in [0, 0.05) is 12.1 Å². The lowest BCUT2D eigenvalue weighted by molar-refractivity contribution is 0.101. The van der Waals surface area contributed by atoms with Crippen molar-refractivity contribution in [1.29, 1.82) is 0 Å². The lowest BCUT2D eigenvalue weighted by atomic mass is 10.0. The van der Waals surface area contributed by atoms with E-state index in [0.29, 0.717) is 0 Å². The van der Waals surface area contributed by atoms with Crippen molar-refractivity contribution >= 4 is 17.9 Å². The molecule has 0 amide bonds. The van der Waals surface area contributed by atoms with Crippen LogP contribution in [0, 0.1) is 0 Å². The molecule has 0 bridgehead atoms. The number of benzene rings is 2. The molecule has 0 aromatic heterocycles. The van der Waals surface area contributed by atoms with E-state index in [1.165, 1.54) is 5.56 Å². The van der Waals surface area contributed by atoms with Gasteiger partial charge in [0.15, 0.2) is 5.78 Å². The zero-order valence-electron chi connectivity index (χ0n) is 11.9. The summed E-state index contributed by atoms with van der Waals surface area (Å²) in [4.78, 5) is 11.6. The van der Waals surface area contributed by atoms with Crippen LogP contribution in [0.25, 0.3) is 12.2 Å². The van der Waals surface area contributed by atoms with E-state index in [-0.39, 0.29) is 5.78 Å². The lowest BCUT2D eigenvalue weighted by Crippen LogP contribution is -2.04. The van der Waals surface area contributed by atoms with E-state index in [1.54, 1.807) is 6.92 Å². The summed E-state index contributed by atoms with van der Waals surface area (Å²) in [7, 11) is 1.94. The van der Waals surface area contributed by atoms with Gasteiger partial charge in [0.25, 0.3) is 0 Å². The van der Waals surface area contributed by atoms with E-state index < -0.39 is 0 Å². The fourth-order valence-corrected chi connectivity index (χ4v) is 2.10. The number of hydrogen-bond acceptors (Lipinski definition) is 2. The van der Waals surface area contributed by atoms with Crippen molar-refractivity contribution < 1.29 is 4.79 Å². The van der Waals surface area contributed by atoms with E-state index >= 15 is 0 Å². The molecule has 0 spiro atoms. The smallest absolute Gasteiger partial charge is 0.160 e. The van der Waals surface area contributed by atoms with Crippen molar-refractivity contribution in [3.8, 4) is 0 Å². The summed E-state index contributed by atoms with van der Waals surface area (Å²) in [5.41, 5.74) is 4.10. The Morgan fingerprint density at radius 3 is 2.40 bits per heavy atom. The van der Waals surface area contributed by atoms with E-state index in [1.807, 2.05) is 43.5 Å². The molecule has 0 atom stereocenters. The van der Waals surface area contributed by atoms with Crippen LogP contribution in [0.4, 0.5) is 0 Å². The lowest BCUT2D eigenvalue weighted by Gasteiger charge is -2.02. The van der Waals surface area contributed by atoms with Crippen LogP contribution in [-0.2, 0) is 6.54 Å². The first-order valence-corrected chi connectivity index (χ1v) is 6.72. The predicted molar refractivity (Wildman–Crippen MR) is 84.6 cm³/mol. The highest BCUT2D eigenvalue weighted by Gasteiger charge is 2.02. The SMILES string of the molecule is CNCc1ccc(/C=C/c2ccccc2C(C)=O)cc1. The monoisotopic (exact) mass is 265 g/mol. The number of nitrogens with one attached hydrogen (secondary N) is 1. The van der Waals surface area contributed by atoms with Gasteiger partial charge in [0.05, 0.1) is 0 Å². The first kappa shape index (κ1) is 14.2. The maximum Gasteiger partial charge on any atom is 0.160 e. The van der Waals surface area contributed by atoms with Crippen molar-refractivity contribution in [2.24, 2.45) is 0 Å². The Morgan fingerprint density at radius 2 is 1.75 bits per heavy atom. The second-order valence-electron chi connectivity index (χ2n) is 4.75. The number of ketones is 1. The van der Waals surface area contributed by atoms with Crippen LogP contribution >= 0.6 is 0 Å². The number of rotatable bonds is 5. The first-order chi connectivity index (χ1) is 9.70. The van der Waals surface area contributed by atoms with E-state index in [0.717, 1.165) is 23.2 Å². The van der Waals surface area contributed by atoms with Crippen molar-refractivity contribution in [1.82, 2.24) is 5.32 Å². The van der Waals surface area contributed by atoms with Crippen LogP contribution in [0.2, 0.25) is 0 Å². The molecule has 0 saturated carbocycles. The molecule has 20 heavy (non-hydrogen) atoms. The second-order valence-corrected chi connectivity index (χ2v) is 4.75. The second kappa shape index (κ2) is 6.83. The third-order valence-corrected chi connectivity index (χ3v) is 3.16. The fourth-order valence-electron chi connectivity index (χ4n) is 2.10. The normalized spacial score (nSPS) is 10.9. The molecule has 0 heterocycles. The average molecular weight is 265 g/mol. The van der Waals surface area contributed by atoms with Crippen LogP contribution in [-0.4, -0.2) is 12.8 Å². The van der Waals surface area contributed by atoms with Gasteiger partial charge in [-0.25, -0.2) is 0 Å². The van der Waals surface area contributed by atoms with Gasteiger partial charge in [-0.15, -0.1) is 0 Å².